The van der Waals surface area contributed by atoms with Crippen molar-refractivity contribution in [2.75, 3.05) is 11.4 Å². The second kappa shape index (κ2) is 6.58. The van der Waals surface area contributed by atoms with Gasteiger partial charge in [-0.1, -0.05) is 30.3 Å². The van der Waals surface area contributed by atoms with Crippen molar-refractivity contribution >= 4 is 5.82 Å². The molecule has 1 atom stereocenters. The van der Waals surface area contributed by atoms with E-state index in [0.29, 0.717) is 18.9 Å². The SMILES string of the molecule is C[C@H]1CN(c2ncncc2F)Cc2nnc(CCc3ccccc3)n21. The minimum atomic E-state index is -0.410. The number of halogens is 1. The molecular formula is C18H19FN6. The number of anilines is 1. The Morgan fingerprint density at radius 2 is 2.00 bits per heavy atom. The van der Waals surface area contributed by atoms with Crippen LogP contribution in [0.1, 0.15) is 30.2 Å². The Hall–Kier alpha value is -2.83. The first-order valence-electron chi connectivity index (χ1n) is 8.39. The Kier molecular flexibility index (Phi) is 4.13. The summed E-state index contributed by atoms with van der Waals surface area (Å²) in [6, 6.07) is 10.5. The van der Waals surface area contributed by atoms with Crippen LogP contribution in [0.3, 0.4) is 0 Å². The van der Waals surface area contributed by atoms with E-state index in [9.17, 15) is 4.39 Å². The molecule has 3 aromatic rings. The van der Waals surface area contributed by atoms with Gasteiger partial charge in [0.15, 0.2) is 17.5 Å². The van der Waals surface area contributed by atoms with Crippen LogP contribution >= 0.6 is 0 Å². The summed E-state index contributed by atoms with van der Waals surface area (Å²) in [5, 5.41) is 8.70. The van der Waals surface area contributed by atoms with E-state index >= 15 is 0 Å². The lowest BCUT2D eigenvalue weighted by atomic mass is 10.1. The number of rotatable bonds is 4. The van der Waals surface area contributed by atoms with Crippen molar-refractivity contribution in [2.45, 2.75) is 32.4 Å². The fourth-order valence-corrected chi connectivity index (χ4v) is 3.38. The fraction of sp³-hybridized carbons (Fsp3) is 0.333. The summed E-state index contributed by atoms with van der Waals surface area (Å²) in [4.78, 5) is 9.68. The topological polar surface area (TPSA) is 59.7 Å². The van der Waals surface area contributed by atoms with E-state index in [-0.39, 0.29) is 6.04 Å². The van der Waals surface area contributed by atoms with Gasteiger partial charge in [-0.15, -0.1) is 10.2 Å². The maximum Gasteiger partial charge on any atom is 0.183 e. The van der Waals surface area contributed by atoms with Gasteiger partial charge < -0.3 is 9.47 Å². The summed E-state index contributed by atoms with van der Waals surface area (Å²) in [5.41, 5.74) is 1.29. The van der Waals surface area contributed by atoms with Crippen LogP contribution in [-0.4, -0.2) is 31.3 Å². The van der Waals surface area contributed by atoms with Gasteiger partial charge in [0.1, 0.15) is 12.2 Å². The largest absolute Gasteiger partial charge is 0.344 e. The first-order valence-corrected chi connectivity index (χ1v) is 8.39. The molecule has 3 heterocycles. The zero-order chi connectivity index (χ0) is 17.2. The van der Waals surface area contributed by atoms with Crippen molar-refractivity contribution in [2.24, 2.45) is 0 Å². The second-order valence-corrected chi connectivity index (χ2v) is 6.31. The average Bonchev–Trinajstić information content (AvgIpc) is 3.05. The molecule has 0 saturated carbocycles. The van der Waals surface area contributed by atoms with E-state index < -0.39 is 5.82 Å². The Morgan fingerprint density at radius 1 is 1.16 bits per heavy atom. The maximum absolute atomic E-state index is 14.0. The van der Waals surface area contributed by atoms with Crippen molar-refractivity contribution in [3.8, 4) is 0 Å². The van der Waals surface area contributed by atoms with E-state index in [4.69, 9.17) is 0 Å². The number of nitrogens with zero attached hydrogens (tertiary/aromatic N) is 6. The van der Waals surface area contributed by atoms with E-state index in [1.165, 1.54) is 18.1 Å². The zero-order valence-electron chi connectivity index (χ0n) is 14.0. The van der Waals surface area contributed by atoms with Crippen LogP contribution in [0.2, 0.25) is 0 Å². The highest BCUT2D eigenvalue weighted by atomic mass is 19.1. The lowest BCUT2D eigenvalue weighted by Gasteiger charge is -2.33. The van der Waals surface area contributed by atoms with Gasteiger partial charge in [0.25, 0.3) is 0 Å². The second-order valence-electron chi connectivity index (χ2n) is 6.31. The van der Waals surface area contributed by atoms with Gasteiger partial charge in [0.05, 0.1) is 18.8 Å². The van der Waals surface area contributed by atoms with Crippen LogP contribution < -0.4 is 4.90 Å². The molecule has 0 aliphatic carbocycles. The molecule has 6 nitrogen and oxygen atoms in total. The van der Waals surface area contributed by atoms with E-state index in [0.717, 1.165) is 24.5 Å². The Bertz CT molecular complexity index is 863. The highest BCUT2D eigenvalue weighted by Crippen LogP contribution is 2.26. The van der Waals surface area contributed by atoms with Crippen LogP contribution in [-0.2, 0) is 19.4 Å². The summed E-state index contributed by atoms with van der Waals surface area (Å²) >= 11 is 0. The molecule has 0 saturated heterocycles. The highest BCUT2D eigenvalue weighted by Gasteiger charge is 2.28. The van der Waals surface area contributed by atoms with Gasteiger partial charge in [-0.25, -0.2) is 14.4 Å². The van der Waals surface area contributed by atoms with Crippen molar-refractivity contribution in [3.05, 3.63) is 65.9 Å². The van der Waals surface area contributed by atoms with Crippen molar-refractivity contribution in [3.63, 3.8) is 0 Å². The summed E-state index contributed by atoms with van der Waals surface area (Å²) < 4.78 is 16.2. The quantitative estimate of drug-likeness (QED) is 0.732. The van der Waals surface area contributed by atoms with Gasteiger partial charge in [0.2, 0.25) is 0 Å². The Morgan fingerprint density at radius 3 is 2.80 bits per heavy atom. The normalized spacial score (nSPS) is 16.7. The lowest BCUT2D eigenvalue weighted by molar-refractivity contribution is 0.441. The van der Waals surface area contributed by atoms with Crippen LogP contribution in [0.15, 0.2) is 42.9 Å². The van der Waals surface area contributed by atoms with Gasteiger partial charge in [-0.2, -0.15) is 0 Å². The number of aryl methyl sites for hydroxylation is 2. The number of fused-ring (bicyclic) bond motifs is 1. The first kappa shape index (κ1) is 15.7. The van der Waals surface area contributed by atoms with E-state index in [2.05, 4.69) is 43.8 Å². The third-order valence-corrected chi connectivity index (χ3v) is 4.52. The van der Waals surface area contributed by atoms with Gasteiger partial charge in [-0.05, 0) is 18.9 Å². The molecule has 1 aliphatic heterocycles. The molecule has 1 aliphatic rings. The fourth-order valence-electron chi connectivity index (χ4n) is 3.38. The minimum absolute atomic E-state index is 0.152. The molecule has 128 valence electrons. The molecule has 0 fully saturated rings. The molecule has 7 heteroatoms. The molecule has 0 spiro atoms. The molecule has 2 aromatic heterocycles. The van der Waals surface area contributed by atoms with Crippen molar-refractivity contribution in [1.29, 1.82) is 0 Å². The van der Waals surface area contributed by atoms with Crippen LogP contribution in [0.5, 0.6) is 0 Å². The molecule has 0 unspecified atom stereocenters. The minimum Gasteiger partial charge on any atom is -0.344 e. The highest BCUT2D eigenvalue weighted by molar-refractivity contribution is 5.39. The van der Waals surface area contributed by atoms with Gasteiger partial charge in [-0.3, -0.25) is 0 Å². The predicted octanol–water partition coefficient (Wildman–Crippen LogP) is 2.57. The molecule has 25 heavy (non-hydrogen) atoms. The van der Waals surface area contributed by atoms with Crippen LogP contribution in [0, 0.1) is 5.82 Å². The molecule has 0 bridgehead atoms. The molecule has 4 rings (SSSR count). The Balaban J connectivity index is 1.54. The van der Waals surface area contributed by atoms with E-state index in [1.54, 1.807) is 0 Å². The number of aromatic nitrogens is 5. The van der Waals surface area contributed by atoms with E-state index in [1.807, 2.05) is 23.1 Å². The standard InChI is InChI=1S/C18H19FN6/c1-13-10-24(18-15(19)9-20-12-21-18)11-17-23-22-16(25(13)17)8-7-14-5-3-2-4-6-14/h2-6,9,12-13H,7-8,10-11H2,1H3/t13-/m0/s1. The molecular weight excluding hydrogens is 319 g/mol. The summed E-state index contributed by atoms with van der Waals surface area (Å²) in [5.74, 6) is 1.74. The smallest absolute Gasteiger partial charge is 0.183 e. The van der Waals surface area contributed by atoms with Crippen LogP contribution in [0.25, 0.3) is 0 Å². The summed E-state index contributed by atoms with van der Waals surface area (Å²) in [7, 11) is 0. The number of benzene rings is 1. The van der Waals surface area contributed by atoms with Gasteiger partial charge >= 0.3 is 0 Å². The number of hydrogen-bond acceptors (Lipinski definition) is 5. The van der Waals surface area contributed by atoms with Crippen molar-refractivity contribution in [1.82, 2.24) is 24.7 Å². The molecule has 0 radical (unpaired) electrons. The maximum atomic E-state index is 14.0. The third kappa shape index (κ3) is 3.09. The van der Waals surface area contributed by atoms with Crippen molar-refractivity contribution < 1.29 is 4.39 Å². The average molecular weight is 338 g/mol. The molecule has 0 amide bonds. The van der Waals surface area contributed by atoms with Gasteiger partial charge in [0, 0.05) is 13.0 Å². The zero-order valence-corrected chi connectivity index (χ0v) is 14.0. The summed E-state index contributed by atoms with van der Waals surface area (Å²) in [6.45, 7) is 3.26. The monoisotopic (exact) mass is 338 g/mol. The number of hydrogen-bond donors (Lipinski definition) is 0. The summed E-state index contributed by atoms with van der Waals surface area (Å²) in [6.07, 6.45) is 4.32. The Labute approximate surface area is 145 Å². The molecule has 1 aromatic carbocycles. The predicted molar refractivity (Wildman–Crippen MR) is 91.6 cm³/mol. The lowest BCUT2D eigenvalue weighted by Crippen LogP contribution is -2.38. The third-order valence-electron chi connectivity index (χ3n) is 4.52. The first-order chi connectivity index (χ1) is 12.2. The molecule has 0 N–H and O–H groups in total. The van der Waals surface area contributed by atoms with Crippen LogP contribution in [0.4, 0.5) is 10.2 Å².